The molecule has 0 saturated carbocycles. The van der Waals surface area contributed by atoms with Crippen LogP contribution in [0.5, 0.6) is 5.75 Å². The highest BCUT2D eigenvalue weighted by Crippen LogP contribution is 2.25. The third-order valence-electron chi connectivity index (χ3n) is 2.32. The number of hydrogen-bond acceptors (Lipinski definition) is 3. The quantitative estimate of drug-likeness (QED) is 0.847. The Morgan fingerprint density at radius 1 is 1.24 bits per heavy atom. The zero-order valence-corrected chi connectivity index (χ0v) is 10.0. The Morgan fingerprint density at radius 2 is 2.12 bits per heavy atom. The number of halogens is 1. The van der Waals surface area contributed by atoms with Gasteiger partial charge in [0.05, 0.1) is 12.3 Å². The molecule has 0 aliphatic rings. The third kappa shape index (κ3) is 3.36. The van der Waals surface area contributed by atoms with Gasteiger partial charge in [0.25, 0.3) is 0 Å². The zero-order valence-electron chi connectivity index (χ0n) is 9.27. The summed E-state index contributed by atoms with van der Waals surface area (Å²) in [5, 5.41) is 0.618. The average Bonchev–Trinajstić information content (AvgIpc) is 2.35. The van der Waals surface area contributed by atoms with E-state index in [1.807, 2.05) is 18.2 Å². The van der Waals surface area contributed by atoms with E-state index < -0.39 is 0 Å². The molecule has 0 fully saturated rings. The molecule has 0 bridgehead atoms. The van der Waals surface area contributed by atoms with Gasteiger partial charge >= 0.3 is 0 Å². The lowest BCUT2D eigenvalue weighted by Gasteiger charge is -2.08. The maximum Gasteiger partial charge on any atom is 0.143 e. The molecule has 2 rings (SSSR count). The van der Waals surface area contributed by atoms with Gasteiger partial charge < -0.3 is 10.5 Å². The first kappa shape index (κ1) is 11.7. The number of nitrogen functional groups attached to an aromatic ring is 1. The summed E-state index contributed by atoms with van der Waals surface area (Å²) in [4.78, 5) is 4.21. The highest BCUT2D eigenvalue weighted by atomic mass is 35.5. The van der Waals surface area contributed by atoms with Crippen molar-refractivity contribution >= 4 is 17.3 Å². The van der Waals surface area contributed by atoms with E-state index in [9.17, 15) is 0 Å². The number of pyridine rings is 1. The van der Waals surface area contributed by atoms with Crippen molar-refractivity contribution in [1.82, 2.24) is 4.98 Å². The van der Waals surface area contributed by atoms with Gasteiger partial charge in [-0.15, -0.1) is 0 Å². The van der Waals surface area contributed by atoms with Gasteiger partial charge in [-0.1, -0.05) is 17.7 Å². The second-order valence-corrected chi connectivity index (χ2v) is 4.04. The van der Waals surface area contributed by atoms with Crippen molar-refractivity contribution in [1.29, 1.82) is 0 Å². The minimum atomic E-state index is 0.529. The molecule has 0 atom stereocenters. The summed E-state index contributed by atoms with van der Waals surface area (Å²) in [6.07, 6.45) is 2.51. The van der Waals surface area contributed by atoms with E-state index >= 15 is 0 Å². The van der Waals surface area contributed by atoms with E-state index in [4.69, 9.17) is 22.1 Å². The fourth-order valence-corrected chi connectivity index (χ4v) is 1.61. The summed E-state index contributed by atoms with van der Waals surface area (Å²) in [7, 11) is 0. The molecule has 0 aliphatic heterocycles. The van der Waals surface area contributed by atoms with E-state index in [0.717, 1.165) is 12.1 Å². The van der Waals surface area contributed by atoms with Crippen molar-refractivity contribution in [3.63, 3.8) is 0 Å². The number of anilines is 1. The zero-order chi connectivity index (χ0) is 12.1. The summed E-state index contributed by atoms with van der Waals surface area (Å²) in [5.41, 5.74) is 7.36. The number of rotatable bonds is 4. The van der Waals surface area contributed by atoms with Crippen molar-refractivity contribution < 1.29 is 4.74 Å². The van der Waals surface area contributed by atoms with Gasteiger partial charge in [-0.3, -0.25) is 4.98 Å². The molecule has 4 heteroatoms. The van der Waals surface area contributed by atoms with Crippen LogP contribution in [0.3, 0.4) is 0 Å². The second-order valence-electron chi connectivity index (χ2n) is 3.60. The van der Waals surface area contributed by atoms with E-state index in [2.05, 4.69) is 4.98 Å². The first-order valence-corrected chi connectivity index (χ1v) is 5.71. The van der Waals surface area contributed by atoms with Crippen LogP contribution in [0.4, 0.5) is 5.69 Å². The molecular weight excluding hydrogens is 236 g/mol. The predicted octanol–water partition coefficient (Wildman–Crippen LogP) is 2.94. The van der Waals surface area contributed by atoms with Crippen molar-refractivity contribution in [2.75, 3.05) is 12.3 Å². The Hall–Kier alpha value is -1.74. The Balaban J connectivity index is 1.92. The largest absolute Gasteiger partial charge is 0.491 e. The molecule has 0 unspecified atom stereocenters. The molecule has 0 radical (unpaired) electrons. The second kappa shape index (κ2) is 5.55. The van der Waals surface area contributed by atoms with Crippen molar-refractivity contribution in [3.05, 3.63) is 53.3 Å². The van der Waals surface area contributed by atoms with Crippen LogP contribution in [0.1, 0.15) is 5.69 Å². The smallest absolute Gasteiger partial charge is 0.143 e. The summed E-state index contributed by atoms with van der Waals surface area (Å²) >= 11 is 5.86. The molecule has 0 aliphatic carbocycles. The summed E-state index contributed by atoms with van der Waals surface area (Å²) in [6, 6.07) is 11.0. The summed E-state index contributed by atoms with van der Waals surface area (Å²) in [6.45, 7) is 0.529. The molecule has 1 aromatic carbocycles. The van der Waals surface area contributed by atoms with E-state index in [0.29, 0.717) is 23.1 Å². The maximum absolute atomic E-state index is 5.86. The molecule has 3 nitrogen and oxygen atoms in total. The van der Waals surface area contributed by atoms with Crippen LogP contribution < -0.4 is 10.5 Å². The van der Waals surface area contributed by atoms with E-state index in [1.54, 1.807) is 24.4 Å². The van der Waals surface area contributed by atoms with Gasteiger partial charge in [0.1, 0.15) is 5.75 Å². The summed E-state index contributed by atoms with van der Waals surface area (Å²) in [5.74, 6) is 0.619. The van der Waals surface area contributed by atoms with Gasteiger partial charge in [-0.05, 0) is 24.3 Å². The minimum Gasteiger partial charge on any atom is -0.491 e. The van der Waals surface area contributed by atoms with Crippen LogP contribution in [-0.4, -0.2) is 11.6 Å². The average molecular weight is 249 g/mol. The lowest BCUT2D eigenvalue weighted by atomic mass is 10.3. The van der Waals surface area contributed by atoms with Crippen molar-refractivity contribution in [2.45, 2.75) is 6.42 Å². The normalized spacial score (nSPS) is 10.2. The monoisotopic (exact) mass is 248 g/mol. The number of ether oxygens (including phenoxy) is 1. The molecule has 0 amide bonds. The highest BCUT2D eigenvalue weighted by molar-refractivity contribution is 6.30. The Bertz CT molecular complexity index is 488. The molecule has 2 aromatic rings. The number of benzene rings is 1. The fraction of sp³-hybridized carbons (Fsp3) is 0.154. The van der Waals surface area contributed by atoms with E-state index in [1.165, 1.54) is 0 Å². The molecule has 0 saturated heterocycles. The topological polar surface area (TPSA) is 48.1 Å². The minimum absolute atomic E-state index is 0.529. The molecule has 88 valence electrons. The van der Waals surface area contributed by atoms with Gasteiger partial charge in [0.15, 0.2) is 0 Å². The van der Waals surface area contributed by atoms with Crippen LogP contribution in [-0.2, 0) is 6.42 Å². The van der Waals surface area contributed by atoms with Gasteiger partial charge in [-0.25, -0.2) is 0 Å². The molecule has 2 N–H and O–H groups in total. The first-order chi connectivity index (χ1) is 8.25. The predicted molar refractivity (Wildman–Crippen MR) is 69.3 cm³/mol. The first-order valence-electron chi connectivity index (χ1n) is 5.33. The van der Waals surface area contributed by atoms with Crippen LogP contribution in [0, 0.1) is 0 Å². The van der Waals surface area contributed by atoms with Gasteiger partial charge in [0, 0.05) is 29.4 Å². The van der Waals surface area contributed by atoms with Crippen molar-refractivity contribution in [2.24, 2.45) is 0 Å². The Kier molecular flexibility index (Phi) is 3.83. The Labute approximate surface area is 105 Å². The third-order valence-corrected chi connectivity index (χ3v) is 2.55. The SMILES string of the molecule is Nc1ccc(Cl)cc1OCCc1ccccn1. The van der Waals surface area contributed by atoms with Crippen LogP contribution in [0.15, 0.2) is 42.6 Å². The van der Waals surface area contributed by atoms with E-state index in [-0.39, 0.29) is 0 Å². The van der Waals surface area contributed by atoms with Crippen LogP contribution in [0.2, 0.25) is 5.02 Å². The van der Waals surface area contributed by atoms with Crippen LogP contribution >= 0.6 is 11.6 Å². The van der Waals surface area contributed by atoms with Gasteiger partial charge in [-0.2, -0.15) is 0 Å². The standard InChI is InChI=1S/C13H13ClN2O/c14-10-4-5-12(15)13(9-10)17-8-6-11-3-1-2-7-16-11/h1-5,7,9H,6,8,15H2. The number of aromatic nitrogens is 1. The molecule has 1 aromatic heterocycles. The van der Waals surface area contributed by atoms with Crippen LogP contribution in [0.25, 0.3) is 0 Å². The number of hydrogen-bond donors (Lipinski definition) is 1. The lowest BCUT2D eigenvalue weighted by Crippen LogP contribution is -2.04. The molecular formula is C13H13ClN2O. The molecule has 0 spiro atoms. The Morgan fingerprint density at radius 3 is 2.88 bits per heavy atom. The fourth-order valence-electron chi connectivity index (χ4n) is 1.44. The number of nitrogens with two attached hydrogens (primary N) is 1. The highest BCUT2D eigenvalue weighted by Gasteiger charge is 2.01. The molecule has 1 heterocycles. The maximum atomic E-state index is 5.86. The lowest BCUT2D eigenvalue weighted by molar-refractivity contribution is 0.322. The molecule has 17 heavy (non-hydrogen) atoms. The van der Waals surface area contributed by atoms with Gasteiger partial charge in [0.2, 0.25) is 0 Å². The summed E-state index contributed by atoms with van der Waals surface area (Å²) < 4.78 is 5.57. The van der Waals surface area contributed by atoms with Crippen molar-refractivity contribution in [3.8, 4) is 5.75 Å². The number of nitrogens with zero attached hydrogens (tertiary/aromatic N) is 1.